The Labute approximate surface area is 127 Å². The summed E-state index contributed by atoms with van der Waals surface area (Å²) in [5, 5.41) is 4.83. The number of para-hydroxylation sites is 1. The summed E-state index contributed by atoms with van der Waals surface area (Å²) in [6.45, 7) is 3.75. The zero-order valence-corrected chi connectivity index (χ0v) is 13.0. The van der Waals surface area contributed by atoms with Gasteiger partial charge in [0.2, 0.25) is 0 Å². The Bertz CT molecular complexity index is 570. The van der Waals surface area contributed by atoms with Gasteiger partial charge in [-0.05, 0) is 35.8 Å². The first kappa shape index (κ1) is 14.6. The molecule has 0 atom stereocenters. The van der Waals surface area contributed by atoms with Crippen molar-refractivity contribution < 1.29 is 4.74 Å². The highest BCUT2D eigenvalue weighted by molar-refractivity contribution is 5.83. The van der Waals surface area contributed by atoms with Crippen LogP contribution in [0.4, 0.5) is 0 Å². The maximum atomic E-state index is 5.10. The van der Waals surface area contributed by atoms with E-state index < -0.39 is 0 Å². The van der Waals surface area contributed by atoms with Gasteiger partial charge >= 0.3 is 0 Å². The SMILES string of the molecule is COCCNCc1cccc2ccn(CC3CCCC3)c12. The Hall–Kier alpha value is -1.32. The summed E-state index contributed by atoms with van der Waals surface area (Å²) < 4.78 is 7.57. The molecule has 1 aromatic heterocycles. The molecule has 0 aliphatic heterocycles. The van der Waals surface area contributed by atoms with Crippen molar-refractivity contribution in [2.75, 3.05) is 20.3 Å². The lowest BCUT2D eigenvalue weighted by molar-refractivity contribution is 0.199. The molecule has 1 aromatic carbocycles. The summed E-state index contributed by atoms with van der Waals surface area (Å²) in [6.07, 6.45) is 7.88. The summed E-state index contributed by atoms with van der Waals surface area (Å²) in [6, 6.07) is 8.88. The van der Waals surface area contributed by atoms with Gasteiger partial charge in [0, 0.05) is 32.9 Å². The molecule has 114 valence electrons. The highest BCUT2D eigenvalue weighted by Gasteiger charge is 2.16. The maximum Gasteiger partial charge on any atom is 0.0587 e. The van der Waals surface area contributed by atoms with E-state index in [2.05, 4.69) is 40.3 Å². The summed E-state index contributed by atoms with van der Waals surface area (Å²) in [5.74, 6) is 0.870. The minimum atomic E-state index is 0.763. The average Bonchev–Trinajstić information content (AvgIpc) is 3.15. The summed E-state index contributed by atoms with van der Waals surface area (Å²) in [4.78, 5) is 0. The minimum Gasteiger partial charge on any atom is -0.383 e. The molecule has 0 spiro atoms. The van der Waals surface area contributed by atoms with Crippen LogP contribution in [-0.2, 0) is 17.8 Å². The zero-order valence-electron chi connectivity index (χ0n) is 13.0. The van der Waals surface area contributed by atoms with E-state index in [-0.39, 0.29) is 0 Å². The van der Waals surface area contributed by atoms with Crippen molar-refractivity contribution in [3.05, 3.63) is 36.0 Å². The van der Waals surface area contributed by atoms with Gasteiger partial charge in [-0.3, -0.25) is 0 Å². The van der Waals surface area contributed by atoms with E-state index in [0.29, 0.717) is 0 Å². The second kappa shape index (κ2) is 7.10. The number of ether oxygens (including phenoxy) is 1. The van der Waals surface area contributed by atoms with Crippen molar-refractivity contribution >= 4 is 10.9 Å². The molecule has 1 aliphatic rings. The van der Waals surface area contributed by atoms with Gasteiger partial charge in [0.25, 0.3) is 0 Å². The lowest BCUT2D eigenvalue weighted by Gasteiger charge is -2.14. The Balaban J connectivity index is 1.76. The van der Waals surface area contributed by atoms with E-state index in [9.17, 15) is 0 Å². The Morgan fingerprint density at radius 1 is 1.24 bits per heavy atom. The monoisotopic (exact) mass is 286 g/mol. The second-order valence-electron chi connectivity index (χ2n) is 6.14. The lowest BCUT2D eigenvalue weighted by atomic mass is 10.1. The van der Waals surface area contributed by atoms with Crippen molar-refractivity contribution in [3.63, 3.8) is 0 Å². The number of rotatable bonds is 7. The molecular formula is C18H26N2O. The first-order chi connectivity index (χ1) is 10.4. The summed E-state index contributed by atoms with van der Waals surface area (Å²) in [7, 11) is 1.75. The summed E-state index contributed by atoms with van der Waals surface area (Å²) in [5.41, 5.74) is 2.81. The van der Waals surface area contributed by atoms with Crippen LogP contribution in [0.1, 0.15) is 31.2 Å². The van der Waals surface area contributed by atoms with Crippen LogP contribution in [0.15, 0.2) is 30.5 Å². The highest BCUT2D eigenvalue weighted by atomic mass is 16.5. The molecule has 1 aliphatic carbocycles. The second-order valence-corrected chi connectivity index (χ2v) is 6.14. The Kier molecular flexibility index (Phi) is 4.94. The van der Waals surface area contributed by atoms with Gasteiger partial charge in [0.15, 0.2) is 0 Å². The topological polar surface area (TPSA) is 26.2 Å². The van der Waals surface area contributed by atoms with Gasteiger partial charge in [-0.25, -0.2) is 0 Å². The number of hydrogen-bond acceptors (Lipinski definition) is 2. The van der Waals surface area contributed by atoms with Gasteiger partial charge in [-0.15, -0.1) is 0 Å². The Morgan fingerprint density at radius 2 is 2.10 bits per heavy atom. The van der Waals surface area contributed by atoms with Crippen LogP contribution in [0.5, 0.6) is 0 Å². The van der Waals surface area contributed by atoms with E-state index >= 15 is 0 Å². The molecule has 3 nitrogen and oxygen atoms in total. The van der Waals surface area contributed by atoms with Crippen molar-refractivity contribution in [2.24, 2.45) is 5.92 Å². The fraction of sp³-hybridized carbons (Fsp3) is 0.556. The zero-order chi connectivity index (χ0) is 14.5. The first-order valence-corrected chi connectivity index (χ1v) is 8.15. The lowest BCUT2D eigenvalue weighted by Crippen LogP contribution is -2.19. The number of benzene rings is 1. The van der Waals surface area contributed by atoms with Gasteiger partial charge in [0.05, 0.1) is 12.1 Å². The van der Waals surface area contributed by atoms with Crippen molar-refractivity contribution in [2.45, 2.75) is 38.8 Å². The van der Waals surface area contributed by atoms with Gasteiger partial charge < -0.3 is 14.6 Å². The third-order valence-electron chi connectivity index (χ3n) is 4.60. The van der Waals surface area contributed by atoms with E-state index in [1.54, 1.807) is 7.11 Å². The number of hydrogen-bond donors (Lipinski definition) is 1. The van der Waals surface area contributed by atoms with Crippen LogP contribution >= 0.6 is 0 Å². The molecule has 3 heteroatoms. The van der Waals surface area contributed by atoms with Crippen LogP contribution in [0, 0.1) is 5.92 Å². The van der Waals surface area contributed by atoms with E-state index in [4.69, 9.17) is 4.74 Å². The van der Waals surface area contributed by atoms with E-state index in [0.717, 1.165) is 25.6 Å². The van der Waals surface area contributed by atoms with Gasteiger partial charge in [0.1, 0.15) is 0 Å². The van der Waals surface area contributed by atoms with Crippen molar-refractivity contribution in [3.8, 4) is 0 Å². The number of nitrogens with zero attached hydrogens (tertiary/aromatic N) is 1. The molecule has 0 radical (unpaired) electrons. The molecule has 0 unspecified atom stereocenters. The standard InChI is InChI=1S/C18H26N2O/c1-21-12-10-19-13-17-8-4-7-16-9-11-20(18(16)17)14-15-5-2-3-6-15/h4,7-9,11,15,19H,2-3,5-6,10,12-14H2,1H3. The number of aromatic nitrogens is 1. The van der Waals surface area contributed by atoms with Crippen LogP contribution in [-0.4, -0.2) is 24.8 Å². The fourth-order valence-corrected chi connectivity index (χ4v) is 3.50. The predicted octanol–water partition coefficient (Wildman–Crippen LogP) is 3.57. The van der Waals surface area contributed by atoms with Gasteiger partial charge in [-0.1, -0.05) is 31.0 Å². The van der Waals surface area contributed by atoms with Gasteiger partial charge in [-0.2, -0.15) is 0 Å². The van der Waals surface area contributed by atoms with Crippen LogP contribution < -0.4 is 5.32 Å². The quantitative estimate of drug-likeness (QED) is 0.788. The molecule has 2 aromatic rings. The number of fused-ring (bicyclic) bond motifs is 1. The average molecular weight is 286 g/mol. The smallest absolute Gasteiger partial charge is 0.0587 e. The number of methoxy groups -OCH3 is 1. The molecule has 1 heterocycles. The Morgan fingerprint density at radius 3 is 2.90 bits per heavy atom. The number of nitrogens with one attached hydrogen (secondary N) is 1. The van der Waals surface area contributed by atoms with Crippen LogP contribution in [0.3, 0.4) is 0 Å². The first-order valence-electron chi connectivity index (χ1n) is 8.15. The van der Waals surface area contributed by atoms with E-state index in [1.165, 1.54) is 48.7 Å². The van der Waals surface area contributed by atoms with Crippen molar-refractivity contribution in [1.82, 2.24) is 9.88 Å². The molecule has 1 saturated carbocycles. The van der Waals surface area contributed by atoms with E-state index in [1.807, 2.05) is 0 Å². The molecule has 21 heavy (non-hydrogen) atoms. The summed E-state index contributed by atoms with van der Waals surface area (Å²) >= 11 is 0. The normalized spacial score (nSPS) is 16.0. The molecular weight excluding hydrogens is 260 g/mol. The molecule has 3 rings (SSSR count). The predicted molar refractivity (Wildman–Crippen MR) is 87.5 cm³/mol. The maximum absolute atomic E-state index is 5.10. The molecule has 0 bridgehead atoms. The highest BCUT2D eigenvalue weighted by Crippen LogP contribution is 2.29. The fourth-order valence-electron chi connectivity index (χ4n) is 3.50. The molecule has 0 amide bonds. The van der Waals surface area contributed by atoms with Crippen LogP contribution in [0.25, 0.3) is 10.9 Å². The third kappa shape index (κ3) is 3.47. The molecule has 1 fully saturated rings. The third-order valence-corrected chi connectivity index (χ3v) is 4.60. The molecule has 1 N–H and O–H groups in total. The largest absolute Gasteiger partial charge is 0.383 e. The minimum absolute atomic E-state index is 0.763. The van der Waals surface area contributed by atoms with Crippen molar-refractivity contribution in [1.29, 1.82) is 0 Å². The molecule has 0 saturated heterocycles. The van der Waals surface area contributed by atoms with Crippen LogP contribution in [0.2, 0.25) is 0 Å².